The van der Waals surface area contributed by atoms with Crippen LogP contribution in [0.1, 0.15) is 18.2 Å². The van der Waals surface area contributed by atoms with Crippen LogP contribution >= 0.6 is 0 Å². The van der Waals surface area contributed by atoms with E-state index in [4.69, 9.17) is 14.2 Å². The molecule has 0 spiro atoms. The Morgan fingerprint density at radius 1 is 1.13 bits per heavy atom. The second-order valence-corrected chi connectivity index (χ2v) is 7.35. The molecule has 6 nitrogen and oxygen atoms in total. The van der Waals surface area contributed by atoms with Crippen molar-refractivity contribution in [2.45, 2.75) is 32.6 Å². The molecule has 0 amide bonds. The molecule has 0 N–H and O–H groups in total. The van der Waals surface area contributed by atoms with Crippen LogP contribution in [0.5, 0.6) is 11.8 Å². The van der Waals surface area contributed by atoms with Gasteiger partial charge in [0.05, 0.1) is 25.5 Å². The van der Waals surface area contributed by atoms with Crippen LogP contribution in [0.2, 0.25) is 0 Å². The second-order valence-electron chi connectivity index (χ2n) is 7.35. The second kappa shape index (κ2) is 9.75. The van der Waals surface area contributed by atoms with Gasteiger partial charge in [-0.3, -0.25) is 9.36 Å². The van der Waals surface area contributed by atoms with Crippen molar-refractivity contribution in [2.24, 2.45) is 0 Å². The minimum atomic E-state index is -0.571. The lowest BCUT2D eigenvalue weighted by Crippen LogP contribution is -2.23. The summed E-state index contributed by atoms with van der Waals surface area (Å²) in [5, 5.41) is 0. The summed E-state index contributed by atoms with van der Waals surface area (Å²) in [6.45, 7) is 2.48. The molecule has 7 heteroatoms. The normalized spacial score (nSPS) is 14.8. The molecule has 0 saturated carbocycles. The topological polar surface area (TPSA) is 62.6 Å². The molecule has 3 aromatic rings. The van der Waals surface area contributed by atoms with Crippen molar-refractivity contribution in [3.05, 3.63) is 76.2 Å². The van der Waals surface area contributed by atoms with Gasteiger partial charge in [-0.2, -0.15) is 4.98 Å². The van der Waals surface area contributed by atoms with Crippen molar-refractivity contribution >= 4 is 0 Å². The third-order valence-electron chi connectivity index (χ3n) is 5.19. The van der Waals surface area contributed by atoms with E-state index in [0.29, 0.717) is 18.8 Å². The monoisotopic (exact) mass is 424 g/mol. The molecule has 0 saturated heterocycles. The van der Waals surface area contributed by atoms with Crippen LogP contribution < -0.4 is 15.0 Å². The summed E-state index contributed by atoms with van der Waals surface area (Å²) in [5.41, 5.74) is 3.81. The molecule has 1 atom stereocenters. The van der Waals surface area contributed by atoms with Gasteiger partial charge in [-0.1, -0.05) is 43.3 Å². The van der Waals surface area contributed by atoms with Gasteiger partial charge < -0.3 is 14.2 Å². The molecular formula is C24H25FN2O4. The molecule has 2 aromatic carbocycles. The minimum Gasteiger partial charge on any atom is -0.490 e. The Bertz CT molecular complexity index is 1060. The molecule has 2 heterocycles. The predicted octanol–water partition coefficient (Wildman–Crippen LogP) is 3.80. The summed E-state index contributed by atoms with van der Waals surface area (Å²) < 4.78 is 30.9. The highest BCUT2D eigenvalue weighted by Crippen LogP contribution is 2.25. The fourth-order valence-electron chi connectivity index (χ4n) is 3.51. The van der Waals surface area contributed by atoms with Gasteiger partial charge >= 0.3 is 6.01 Å². The van der Waals surface area contributed by atoms with Gasteiger partial charge in [-0.15, -0.1) is 0 Å². The van der Waals surface area contributed by atoms with Gasteiger partial charge in [0.25, 0.3) is 5.56 Å². The summed E-state index contributed by atoms with van der Waals surface area (Å²) in [6.07, 6.45) is 0.742. The third kappa shape index (κ3) is 5.11. The van der Waals surface area contributed by atoms with Crippen molar-refractivity contribution in [3.8, 4) is 22.9 Å². The van der Waals surface area contributed by atoms with Crippen molar-refractivity contribution < 1.29 is 18.6 Å². The molecule has 1 aromatic heterocycles. The Morgan fingerprint density at radius 2 is 1.84 bits per heavy atom. The number of rotatable bonds is 9. The van der Waals surface area contributed by atoms with Gasteiger partial charge in [0.1, 0.15) is 19.0 Å². The maximum absolute atomic E-state index is 12.3. The number of hydrogen-bond donors (Lipinski definition) is 0. The molecule has 0 unspecified atom stereocenters. The molecule has 0 bridgehead atoms. The average Bonchev–Trinajstić information content (AvgIpc) is 3.21. The lowest BCUT2D eigenvalue weighted by Gasteiger charge is -2.12. The lowest BCUT2D eigenvalue weighted by atomic mass is 10.0. The van der Waals surface area contributed by atoms with Crippen molar-refractivity contribution in [1.82, 2.24) is 9.55 Å². The molecule has 0 radical (unpaired) electrons. The van der Waals surface area contributed by atoms with Crippen molar-refractivity contribution in [3.63, 3.8) is 0 Å². The van der Waals surface area contributed by atoms with Crippen molar-refractivity contribution in [1.29, 1.82) is 0 Å². The minimum absolute atomic E-state index is 0.0159. The van der Waals surface area contributed by atoms with Crippen LogP contribution in [0.15, 0.2) is 59.4 Å². The summed E-state index contributed by atoms with van der Waals surface area (Å²) in [4.78, 5) is 15.7. The van der Waals surface area contributed by atoms with E-state index in [0.717, 1.165) is 23.3 Å². The Kier molecular flexibility index (Phi) is 6.62. The van der Waals surface area contributed by atoms with Crippen LogP contribution in [0, 0.1) is 0 Å². The Balaban J connectivity index is 1.36. The van der Waals surface area contributed by atoms with E-state index >= 15 is 0 Å². The molecule has 1 aliphatic rings. The molecule has 1 aliphatic heterocycles. The van der Waals surface area contributed by atoms with Gasteiger partial charge in [0.2, 0.25) is 0 Å². The number of alkyl halides is 1. The number of aromatic nitrogens is 2. The van der Waals surface area contributed by atoms with Gasteiger partial charge in [-0.25, -0.2) is 4.39 Å². The zero-order valence-corrected chi connectivity index (χ0v) is 17.4. The van der Waals surface area contributed by atoms with Gasteiger partial charge in [-0.05, 0) is 35.2 Å². The Morgan fingerprint density at radius 3 is 2.52 bits per heavy atom. The maximum atomic E-state index is 12.3. The zero-order valence-electron chi connectivity index (χ0n) is 17.4. The highest BCUT2D eigenvalue weighted by atomic mass is 19.1. The molecule has 0 aliphatic carbocycles. The first-order valence-electron chi connectivity index (χ1n) is 10.4. The first kappa shape index (κ1) is 21.1. The van der Waals surface area contributed by atoms with E-state index in [9.17, 15) is 9.18 Å². The van der Waals surface area contributed by atoms with Crippen LogP contribution in [0.3, 0.4) is 0 Å². The van der Waals surface area contributed by atoms with Crippen LogP contribution in [-0.2, 0) is 24.3 Å². The van der Waals surface area contributed by atoms with E-state index in [1.54, 1.807) is 4.57 Å². The smallest absolute Gasteiger partial charge is 0.300 e. The van der Waals surface area contributed by atoms with E-state index in [2.05, 4.69) is 36.2 Å². The molecular weight excluding hydrogens is 399 g/mol. The first-order chi connectivity index (χ1) is 15.2. The molecule has 4 rings (SSSR count). The summed E-state index contributed by atoms with van der Waals surface area (Å²) in [7, 11) is 0. The molecule has 162 valence electrons. The van der Waals surface area contributed by atoms with Crippen LogP contribution in [0.4, 0.5) is 4.39 Å². The van der Waals surface area contributed by atoms with E-state index in [1.807, 2.05) is 24.3 Å². The number of fused-ring (bicyclic) bond motifs is 1. The Labute approximate surface area is 180 Å². The quantitative estimate of drug-likeness (QED) is 0.489. The SMILES string of the molecule is CCc1ccc(-c2ccc(OC[C@@H]3Cn4c(COCCF)cc(=O)nc4O3)cc2)cc1. The number of hydrogen-bond acceptors (Lipinski definition) is 5. The zero-order chi connectivity index (χ0) is 21.6. The summed E-state index contributed by atoms with van der Waals surface area (Å²) in [6, 6.07) is 18.1. The van der Waals surface area contributed by atoms with E-state index in [-0.39, 0.29) is 25.3 Å². The van der Waals surface area contributed by atoms with Gasteiger partial charge in [0, 0.05) is 6.07 Å². The van der Waals surface area contributed by atoms with E-state index in [1.165, 1.54) is 11.6 Å². The van der Waals surface area contributed by atoms with Gasteiger partial charge in [0.15, 0.2) is 6.10 Å². The highest BCUT2D eigenvalue weighted by Gasteiger charge is 2.26. The fourth-order valence-corrected chi connectivity index (χ4v) is 3.51. The third-order valence-corrected chi connectivity index (χ3v) is 5.19. The largest absolute Gasteiger partial charge is 0.490 e. The van der Waals surface area contributed by atoms with Crippen LogP contribution in [0.25, 0.3) is 11.1 Å². The highest BCUT2D eigenvalue weighted by molar-refractivity contribution is 5.64. The maximum Gasteiger partial charge on any atom is 0.300 e. The fraction of sp³-hybridized carbons (Fsp3) is 0.333. The number of aryl methyl sites for hydroxylation is 1. The number of halogens is 1. The Hall–Kier alpha value is -3.19. The average molecular weight is 424 g/mol. The van der Waals surface area contributed by atoms with Crippen molar-refractivity contribution in [2.75, 3.05) is 19.9 Å². The number of ether oxygens (including phenoxy) is 3. The summed E-state index contributed by atoms with van der Waals surface area (Å²) in [5.74, 6) is 0.738. The first-order valence-corrected chi connectivity index (χ1v) is 10.4. The molecule has 31 heavy (non-hydrogen) atoms. The lowest BCUT2D eigenvalue weighted by molar-refractivity contribution is 0.101. The standard InChI is InChI=1S/C24H25FN2O4/c1-2-17-3-5-18(6-4-17)19-7-9-21(10-8-19)30-16-22-14-27-20(15-29-12-11-25)13-23(28)26-24(27)31-22/h3-10,13,22H,2,11-12,14-16H2,1H3/t22-/m0/s1. The number of nitrogens with zero attached hydrogens (tertiary/aromatic N) is 2. The van der Waals surface area contributed by atoms with Crippen LogP contribution in [-0.4, -0.2) is 35.5 Å². The molecule has 0 fully saturated rings. The summed E-state index contributed by atoms with van der Waals surface area (Å²) >= 11 is 0. The predicted molar refractivity (Wildman–Crippen MR) is 115 cm³/mol. The van der Waals surface area contributed by atoms with E-state index < -0.39 is 12.2 Å². The number of benzene rings is 2.